The highest BCUT2D eigenvalue weighted by Crippen LogP contribution is 2.32. The molecule has 0 unspecified atom stereocenters. The topological polar surface area (TPSA) is 83.1 Å². The molecule has 0 spiro atoms. The molecule has 190 valence electrons. The van der Waals surface area contributed by atoms with Gasteiger partial charge in [-0.2, -0.15) is 0 Å². The third-order valence-electron chi connectivity index (χ3n) is 5.68. The number of nitrogens with zero attached hydrogens (tertiary/aromatic N) is 4. The monoisotopic (exact) mass is 518 g/mol. The maximum atomic E-state index is 13.6. The van der Waals surface area contributed by atoms with Crippen molar-refractivity contribution in [1.82, 2.24) is 14.2 Å². The molecule has 3 aromatic rings. The highest BCUT2D eigenvalue weighted by molar-refractivity contribution is 7.89. The van der Waals surface area contributed by atoms with E-state index in [-0.39, 0.29) is 10.8 Å². The summed E-state index contributed by atoms with van der Waals surface area (Å²) in [6.07, 6.45) is 2.48. The number of sulfonamides is 1. The first kappa shape index (κ1) is 27.1. The van der Waals surface area contributed by atoms with Crippen molar-refractivity contribution in [2.24, 2.45) is 0 Å². The number of rotatable bonds is 12. The molecule has 35 heavy (non-hydrogen) atoms. The van der Waals surface area contributed by atoms with E-state index in [1.165, 1.54) is 27.8 Å². The Balaban J connectivity index is 1.88. The number of fused-ring (bicyclic) bond motifs is 1. The molecule has 0 aliphatic rings. The molecule has 0 saturated heterocycles. The lowest BCUT2D eigenvalue weighted by atomic mass is 10.2. The van der Waals surface area contributed by atoms with Crippen LogP contribution in [0.1, 0.15) is 36.5 Å². The number of benzene rings is 2. The van der Waals surface area contributed by atoms with Crippen LogP contribution in [-0.4, -0.2) is 76.4 Å². The zero-order valence-electron chi connectivity index (χ0n) is 21.0. The molecular formula is C25H34N4O4S2. The Morgan fingerprint density at radius 1 is 1.00 bits per heavy atom. The Morgan fingerprint density at radius 2 is 1.71 bits per heavy atom. The first-order chi connectivity index (χ1) is 16.7. The second-order valence-corrected chi connectivity index (χ2v) is 11.7. The van der Waals surface area contributed by atoms with E-state index in [0.29, 0.717) is 29.5 Å². The van der Waals surface area contributed by atoms with Crippen LogP contribution in [0.25, 0.3) is 10.2 Å². The Kier molecular flexibility index (Phi) is 9.23. The fourth-order valence-electron chi connectivity index (χ4n) is 3.57. The van der Waals surface area contributed by atoms with E-state index in [9.17, 15) is 13.2 Å². The molecule has 10 heteroatoms. The first-order valence-electron chi connectivity index (χ1n) is 11.6. The van der Waals surface area contributed by atoms with Gasteiger partial charge in [-0.3, -0.25) is 9.69 Å². The summed E-state index contributed by atoms with van der Waals surface area (Å²) >= 11 is 1.45. The molecule has 2 aromatic carbocycles. The second kappa shape index (κ2) is 11.9. The summed E-state index contributed by atoms with van der Waals surface area (Å²) in [7, 11) is 3.58. The van der Waals surface area contributed by atoms with Crippen LogP contribution in [-0.2, 0) is 10.0 Å². The van der Waals surface area contributed by atoms with Gasteiger partial charge in [-0.05, 0) is 69.9 Å². The van der Waals surface area contributed by atoms with Crippen LogP contribution in [0.15, 0.2) is 47.4 Å². The number of carbonyl (C=O) groups is 1. The molecule has 0 radical (unpaired) electrons. The lowest BCUT2D eigenvalue weighted by molar-refractivity contribution is 0.0986. The van der Waals surface area contributed by atoms with Gasteiger partial charge in [-0.15, -0.1) is 0 Å². The average molecular weight is 519 g/mol. The van der Waals surface area contributed by atoms with E-state index in [1.54, 1.807) is 31.2 Å². The molecule has 0 fully saturated rings. The van der Waals surface area contributed by atoms with Gasteiger partial charge in [0.1, 0.15) is 5.75 Å². The van der Waals surface area contributed by atoms with Crippen LogP contribution in [0.2, 0.25) is 0 Å². The van der Waals surface area contributed by atoms with Crippen molar-refractivity contribution in [3.05, 3.63) is 48.0 Å². The van der Waals surface area contributed by atoms with Crippen LogP contribution < -0.4 is 9.64 Å². The third-order valence-corrected chi connectivity index (χ3v) is 8.61. The summed E-state index contributed by atoms with van der Waals surface area (Å²) in [5, 5.41) is 0.605. The number of thiazole rings is 1. The maximum absolute atomic E-state index is 13.6. The van der Waals surface area contributed by atoms with Crippen molar-refractivity contribution >= 4 is 42.6 Å². The van der Waals surface area contributed by atoms with Crippen LogP contribution in [0.4, 0.5) is 5.13 Å². The molecular weight excluding hydrogens is 484 g/mol. The standard InChI is InChI=1S/C25H34N4O4S2/c1-6-7-16-28(4)35(31,32)21-12-9-19(10-13-21)24(30)29(17-8-15-27(2)3)25-26-22-18-20(33-5)11-14-23(22)34-25/h9-14,18H,6-8,15-17H2,1-5H3. The lowest BCUT2D eigenvalue weighted by Gasteiger charge is -2.21. The summed E-state index contributed by atoms with van der Waals surface area (Å²) in [6, 6.07) is 11.8. The summed E-state index contributed by atoms with van der Waals surface area (Å²) in [6.45, 7) is 3.80. The summed E-state index contributed by atoms with van der Waals surface area (Å²) in [5.74, 6) is 0.499. The van der Waals surface area contributed by atoms with Gasteiger partial charge in [-0.25, -0.2) is 17.7 Å². The van der Waals surface area contributed by atoms with Crippen molar-refractivity contribution in [2.45, 2.75) is 31.1 Å². The normalized spacial score (nSPS) is 12.0. The minimum absolute atomic E-state index is 0.180. The smallest absolute Gasteiger partial charge is 0.260 e. The molecule has 1 aromatic heterocycles. The molecule has 1 amide bonds. The largest absolute Gasteiger partial charge is 0.497 e. The highest BCUT2D eigenvalue weighted by Gasteiger charge is 2.24. The van der Waals surface area contributed by atoms with Gasteiger partial charge >= 0.3 is 0 Å². The predicted molar refractivity (Wildman–Crippen MR) is 142 cm³/mol. The van der Waals surface area contributed by atoms with Gasteiger partial charge in [-0.1, -0.05) is 24.7 Å². The number of aromatic nitrogens is 1. The Bertz CT molecular complexity index is 1240. The summed E-state index contributed by atoms with van der Waals surface area (Å²) in [5.41, 5.74) is 1.19. The van der Waals surface area contributed by atoms with Gasteiger partial charge in [0.15, 0.2) is 5.13 Å². The fraction of sp³-hybridized carbons (Fsp3) is 0.440. The van der Waals surface area contributed by atoms with Crippen LogP contribution >= 0.6 is 11.3 Å². The van der Waals surface area contributed by atoms with E-state index in [0.717, 1.165) is 36.0 Å². The van der Waals surface area contributed by atoms with Gasteiger partial charge in [0.2, 0.25) is 10.0 Å². The number of amides is 1. The maximum Gasteiger partial charge on any atom is 0.260 e. The number of unbranched alkanes of at least 4 members (excludes halogenated alkanes) is 1. The van der Waals surface area contributed by atoms with Crippen LogP contribution in [0, 0.1) is 0 Å². The minimum Gasteiger partial charge on any atom is -0.497 e. The number of hydrogen-bond donors (Lipinski definition) is 0. The zero-order chi connectivity index (χ0) is 25.6. The quantitative estimate of drug-likeness (QED) is 0.355. The third kappa shape index (κ3) is 6.58. The highest BCUT2D eigenvalue weighted by atomic mass is 32.2. The molecule has 0 atom stereocenters. The van der Waals surface area contributed by atoms with Crippen molar-refractivity contribution in [3.63, 3.8) is 0 Å². The number of hydrogen-bond acceptors (Lipinski definition) is 7. The molecule has 1 heterocycles. The molecule has 0 saturated carbocycles. The van der Waals surface area contributed by atoms with Crippen molar-refractivity contribution in [3.8, 4) is 5.75 Å². The van der Waals surface area contributed by atoms with Gasteiger partial charge in [0.05, 0.1) is 22.2 Å². The fourth-order valence-corrected chi connectivity index (χ4v) is 5.75. The van der Waals surface area contributed by atoms with E-state index in [4.69, 9.17) is 9.72 Å². The number of methoxy groups -OCH3 is 1. The van der Waals surface area contributed by atoms with E-state index in [1.807, 2.05) is 39.2 Å². The van der Waals surface area contributed by atoms with Gasteiger partial charge < -0.3 is 9.64 Å². The molecule has 0 aliphatic carbocycles. The van der Waals surface area contributed by atoms with Gasteiger partial charge in [0, 0.05) is 31.8 Å². The van der Waals surface area contributed by atoms with E-state index in [2.05, 4.69) is 4.90 Å². The van der Waals surface area contributed by atoms with Crippen molar-refractivity contribution in [2.75, 3.05) is 52.8 Å². The zero-order valence-corrected chi connectivity index (χ0v) is 22.7. The van der Waals surface area contributed by atoms with E-state index < -0.39 is 10.0 Å². The first-order valence-corrected chi connectivity index (χ1v) is 13.9. The number of anilines is 1. The van der Waals surface area contributed by atoms with E-state index >= 15 is 0 Å². The SMILES string of the molecule is CCCCN(C)S(=O)(=O)c1ccc(C(=O)N(CCCN(C)C)c2nc3cc(OC)ccc3s2)cc1. The van der Waals surface area contributed by atoms with Gasteiger partial charge in [0.25, 0.3) is 5.91 Å². The minimum atomic E-state index is -3.59. The second-order valence-electron chi connectivity index (χ2n) is 8.65. The summed E-state index contributed by atoms with van der Waals surface area (Å²) < 4.78 is 33.3. The number of carbonyl (C=O) groups excluding carboxylic acids is 1. The van der Waals surface area contributed by atoms with Crippen LogP contribution in [0.5, 0.6) is 5.75 Å². The molecule has 0 N–H and O–H groups in total. The predicted octanol–water partition coefficient (Wildman–Crippen LogP) is 4.32. The lowest BCUT2D eigenvalue weighted by Crippen LogP contribution is -2.33. The Morgan fingerprint density at radius 3 is 2.34 bits per heavy atom. The average Bonchev–Trinajstić information content (AvgIpc) is 3.27. The summed E-state index contributed by atoms with van der Waals surface area (Å²) in [4.78, 5) is 22.2. The molecule has 0 bridgehead atoms. The number of ether oxygens (including phenoxy) is 1. The van der Waals surface area contributed by atoms with Crippen molar-refractivity contribution in [1.29, 1.82) is 0 Å². The Labute approximate surface area is 212 Å². The van der Waals surface area contributed by atoms with Crippen LogP contribution in [0.3, 0.4) is 0 Å². The Hall–Kier alpha value is -2.53. The molecule has 8 nitrogen and oxygen atoms in total. The molecule has 0 aliphatic heterocycles. The molecule has 3 rings (SSSR count). The van der Waals surface area contributed by atoms with Crippen molar-refractivity contribution < 1.29 is 17.9 Å².